The molecule has 0 radical (unpaired) electrons. The maximum atomic E-state index is 13.0. The number of nitrogens with zero attached hydrogens (tertiary/aromatic N) is 4. The minimum absolute atomic E-state index is 0.00269. The van der Waals surface area contributed by atoms with Crippen LogP contribution >= 0.6 is 11.8 Å². The highest BCUT2D eigenvalue weighted by Gasteiger charge is 2.23. The van der Waals surface area contributed by atoms with Gasteiger partial charge in [0.2, 0.25) is 5.95 Å². The molecule has 0 unspecified atom stereocenters. The fraction of sp³-hybridized carbons (Fsp3) is 0.375. The molecule has 1 saturated heterocycles. The van der Waals surface area contributed by atoms with Crippen LogP contribution in [0.3, 0.4) is 0 Å². The molecular weight excluding hydrogens is 440 g/mol. The van der Waals surface area contributed by atoms with Gasteiger partial charge in [-0.2, -0.15) is 0 Å². The molecule has 3 heterocycles. The molecule has 2 aliphatic heterocycles. The van der Waals surface area contributed by atoms with Gasteiger partial charge >= 0.3 is 0 Å². The Hall–Kier alpha value is -3.04. The van der Waals surface area contributed by atoms with E-state index in [0.29, 0.717) is 48.6 Å². The first-order valence-electron chi connectivity index (χ1n) is 11.1. The molecule has 0 aliphatic carbocycles. The molecule has 2 aromatic carbocycles. The topological polar surface area (TPSA) is 78.7 Å². The third-order valence-corrected chi connectivity index (χ3v) is 6.60. The lowest BCUT2D eigenvalue weighted by Crippen LogP contribution is -2.38. The highest BCUT2D eigenvalue weighted by molar-refractivity contribution is 7.99. The number of thioether (sulfide) groups is 1. The van der Waals surface area contributed by atoms with Gasteiger partial charge in [-0.3, -0.25) is 9.36 Å². The summed E-state index contributed by atoms with van der Waals surface area (Å²) in [6.07, 6.45) is 0.827. The predicted octanol–water partition coefficient (Wildman–Crippen LogP) is 3.55. The Balaban J connectivity index is 1.39. The summed E-state index contributed by atoms with van der Waals surface area (Å²) in [6.45, 7) is 6.10. The molecule has 9 heteroatoms. The Kier molecular flexibility index (Phi) is 6.50. The first kappa shape index (κ1) is 21.8. The summed E-state index contributed by atoms with van der Waals surface area (Å²) in [5.74, 6) is 2.33. The summed E-state index contributed by atoms with van der Waals surface area (Å²) >= 11 is 1.39. The van der Waals surface area contributed by atoms with Crippen LogP contribution in [-0.4, -0.2) is 65.8 Å². The lowest BCUT2D eigenvalue weighted by molar-refractivity contribution is 0.102. The van der Waals surface area contributed by atoms with Gasteiger partial charge in [-0.05, 0) is 36.8 Å². The quantitative estimate of drug-likeness (QED) is 0.403. The van der Waals surface area contributed by atoms with E-state index in [1.54, 1.807) is 12.1 Å². The van der Waals surface area contributed by atoms with Crippen molar-refractivity contribution in [3.05, 3.63) is 53.6 Å². The molecule has 2 aliphatic rings. The number of Topliss-reactive ketones (excluding diaryl/α,β-unsaturated/α-hetero) is 1. The number of rotatable bonds is 6. The molecule has 0 atom stereocenters. The van der Waals surface area contributed by atoms with Crippen molar-refractivity contribution in [2.75, 3.05) is 50.2 Å². The maximum absolute atomic E-state index is 13.0. The van der Waals surface area contributed by atoms with Crippen LogP contribution in [0.15, 0.2) is 47.6 Å². The van der Waals surface area contributed by atoms with E-state index in [1.807, 2.05) is 22.8 Å². The first-order valence-corrected chi connectivity index (χ1v) is 12.1. The zero-order chi connectivity index (χ0) is 22.6. The molecule has 33 heavy (non-hydrogen) atoms. The number of aromatic nitrogens is 3. The average molecular weight is 467 g/mol. The SMILES string of the molecule is Cc1ccccc1-n1c(SCC(=O)c2ccc3c(c2)OCCCO3)nnc1N1CCOCC1. The van der Waals surface area contributed by atoms with Crippen molar-refractivity contribution in [2.24, 2.45) is 0 Å². The molecule has 0 spiro atoms. The number of aryl methyl sites for hydroxylation is 1. The monoisotopic (exact) mass is 466 g/mol. The van der Waals surface area contributed by atoms with Crippen LogP contribution in [0.1, 0.15) is 22.3 Å². The van der Waals surface area contributed by atoms with Crippen molar-refractivity contribution >= 4 is 23.5 Å². The number of anilines is 1. The number of benzene rings is 2. The van der Waals surface area contributed by atoms with Gasteiger partial charge in [-0.25, -0.2) is 0 Å². The van der Waals surface area contributed by atoms with Crippen LogP contribution < -0.4 is 14.4 Å². The van der Waals surface area contributed by atoms with Gasteiger partial charge in [0.15, 0.2) is 22.4 Å². The summed E-state index contributed by atoms with van der Waals surface area (Å²) in [5.41, 5.74) is 2.72. The number of carbonyl (C=O) groups excluding carboxylic acids is 1. The number of ketones is 1. The minimum atomic E-state index is 0.00269. The fourth-order valence-electron chi connectivity index (χ4n) is 3.90. The van der Waals surface area contributed by atoms with Gasteiger partial charge in [0.25, 0.3) is 0 Å². The van der Waals surface area contributed by atoms with Crippen molar-refractivity contribution in [2.45, 2.75) is 18.5 Å². The maximum Gasteiger partial charge on any atom is 0.232 e. The first-order chi connectivity index (χ1) is 16.2. The van der Waals surface area contributed by atoms with E-state index in [0.717, 1.165) is 36.7 Å². The zero-order valence-electron chi connectivity index (χ0n) is 18.5. The van der Waals surface area contributed by atoms with Crippen molar-refractivity contribution in [3.63, 3.8) is 0 Å². The summed E-state index contributed by atoms with van der Waals surface area (Å²) in [5, 5.41) is 9.63. The van der Waals surface area contributed by atoms with E-state index in [4.69, 9.17) is 14.2 Å². The van der Waals surface area contributed by atoms with Crippen LogP contribution in [0, 0.1) is 6.92 Å². The molecule has 0 amide bonds. The van der Waals surface area contributed by atoms with Crippen LogP contribution in [0.5, 0.6) is 11.5 Å². The van der Waals surface area contributed by atoms with E-state index in [9.17, 15) is 4.79 Å². The number of hydrogen-bond acceptors (Lipinski definition) is 8. The minimum Gasteiger partial charge on any atom is -0.490 e. The van der Waals surface area contributed by atoms with Crippen molar-refractivity contribution in [3.8, 4) is 17.2 Å². The number of carbonyl (C=O) groups is 1. The molecule has 1 aromatic heterocycles. The Labute approximate surface area is 196 Å². The van der Waals surface area contributed by atoms with Crippen LogP contribution in [0.4, 0.5) is 5.95 Å². The van der Waals surface area contributed by atoms with E-state index >= 15 is 0 Å². The smallest absolute Gasteiger partial charge is 0.232 e. The summed E-state index contributed by atoms with van der Waals surface area (Å²) in [7, 11) is 0. The second-order valence-corrected chi connectivity index (χ2v) is 8.87. The molecule has 1 fully saturated rings. The highest BCUT2D eigenvalue weighted by Crippen LogP contribution is 2.32. The standard InChI is InChI=1S/C24H26N4O4S/c1-17-5-2-3-6-19(17)28-23(27-9-13-30-14-10-27)25-26-24(28)33-16-20(29)18-7-8-21-22(15-18)32-12-4-11-31-21/h2-3,5-8,15H,4,9-14,16H2,1H3. The van der Waals surface area contributed by atoms with Crippen molar-refractivity contribution in [1.82, 2.24) is 14.8 Å². The Bertz CT molecular complexity index is 1140. The van der Waals surface area contributed by atoms with E-state index in [1.165, 1.54) is 11.8 Å². The lowest BCUT2D eigenvalue weighted by atomic mass is 10.1. The molecule has 3 aromatic rings. The third-order valence-electron chi connectivity index (χ3n) is 5.67. The Morgan fingerprint density at radius 1 is 1.00 bits per heavy atom. The van der Waals surface area contributed by atoms with Crippen molar-refractivity contribution < 1.29 is 19.0 Å². The Morgan fingerprint density at radius 2 is 1.79 bits per heavy atom. The normalized spacial score (nSPS) is 15.8. The lowest BCUT2D eigenvalue weighted by Gasteiger charge is -2.28. The number of hydrogen-bond donors (Lipinski definition) is 0. The number of fused-ring (bicyclic) bond motifs is 1. The molecule has 8 nitrogen and oxygen atoms in total. The second-order valence-electron chi connectivity index (χ2n) is 7.93. The van der Waals surface area contributed by atoms with Gasteiger partial charge < -0.3 is 19.1 Å². The molecule has 5 rings (SSSR count). The highest BCUT2D eigenvalue weighted by atomic mass is 32.2. The zero-order valence-corrected chi connectivity index (χ0v) is 19.3. The van der Waals surface area contributed by atoms with Gasteiger partial charge in [0.05, 0.1) is 37.9 Å². The summed E-state index contributed by atoms with van der Waals surface area (Å²) in [6, 6.07) is 13.5. The summed E-state index contributed by atoms with van der Waals surface area (Å²) < 4.78 is 19.0. The number of para-hydroxylation sites is 1. The largest absolute Gasteiger partial charge is 0.490 e. The van der Waals surface area contributed by atoms with Crippen molar-refractivity contribution in [1.29, 1.82) is 0 Å². The summed E-state index contributed by atoms with van der Waals surface area (Å²) in [4.78, 5) is 15.2. The third kappa shape index (κ3) is 4.69. The molecular formula is C24H26N4O4S. The molecule has 172 valence electrons. The fourth-order valence-corrected chi connectivity index (χ4v) is 4.73. The predicted molar refractivity (Wildman–Crippen MR) is 126 cm³/mol. The second kappa shape index (κ2) is 9.84. The molecule has 0 N–H and O–H groups in total. The van der Waals surface area contributed by atoms with Gasteiger partial charge in [0, 0.05) is 25.1 Å². The molecule has 0 bridgehead atoms. The Morgan fingerprint density at radius 3 is 2.61 bits per heavy atom. The van der Waals surface area contributed by atoms with Gasteiger partial charge in [0.1, 0.15) is 0 Å². The number of morpholine rings is 1. The van der Waals surface area contributed by atoms with Crippen LogP contribution in [0.25, 0.3) is 5.69 Å². The van der Waals surface area contributed by atoms with E-state index < -0.39 is 0 Å². The van der Waals surface area contributed by atoms with E-state index in [-0.39, 0.29) is 11.5 Å². The number of ether oxygens (including phenoxy) is 3. The van der Waals surface area contributed by atoms with E-state index in [2.05, 4.69) is 34.2 Å². The molecule has 0 saturated carbocycles. The van der Waals surface area contributed by atoms with Gasteiger partial charge in [-0.15, -0.1) is 10.2 Å². The van der Waals surface area contributed by atoms with Gasteiger partial charge in [-0.1, -0.05) is 30.0 Å². The van der Waals surface area contributed by atoms with Crippen LogP contribution in [-0.2, 0) is 4.74 Å². The average Bonchev–Trinajstić information content (AvgIpc) is 3.12. The van der Waals surface area contributed by atoms with Crippen LogP contribution in [0.2, 0.25) is 0 Å².